The molecule has 0 saturated heterocycles. The predicted molar refractivity (Wildman–Crippen MR) is 71.1 cm³/mol. The molecule has 0 radical (unpaired) electrons. The first kappa shape index (κ1) is 13.6. The highest BCUT2D eigenvalue weighted by Gasteiger charge is 2.08. The fraction of sp³-hybridized carbons (Fsp3) is 0.462. The fourth-order valence-corrected chi connectivity index (χ4v) is 1.70. The van der Waals surface area contributed by atoms with Crippen LogP contribution in [0, 0.1) is 0 Å². The van der Waals surface area contributed by atoms with Crippen molar-refractivity contribution in [3.63, 3.8) is 0 Å². The molecule has 19 heavy (non-hydrogen) atoms. The molecule has 1 N–H and O–H groups in total. The van der Waals surface area contributed by atoms with Gasteiger partial charge in [0.05, 0.1) is 6.54 Å². The maximum Gasteiger partial charge on any atom is 0.188 e. The Labute approximate surface area is 112 Å². The molecule has 0 spiro atoms. The molecule has 1 heterocycles. The molecule has 6 heteroatoms. The van der Waals surface area contributed by atoms with Gasteiger partial charge in [0.1, 0.15) is 0 Å². The zero-order chi connectivity index (χ0) is 13.5. The molecule has 2 rings (SSSR count). The van der Waals surface area contributed by atoms with E-state index in [1.807, 2.05) is 32.0 Å². The van der Waals surface area contributed by atoms with Crippen LogP contribution in [0.2, 0.25) is 0 Å². The van der Waals surface area contributed by atoms with Gasteiger partial charge in [0, 0.05) is 13.2 Å². The predicted octanol–water partition coefficient (Wildman–Crippen LogP) is 1.52. The molecule has 1 aromatic heterocycles. The highest BCUT2D eigenvalue weighted by molar-refractivity contribution is 5.14. The van der Waals surface area contributed by atoms with Crippen molar-refractivity contribution in [2.45, 2.75) is 33.2 Å². The van der Waals surface area contributed by atoms with Crippen LogP contribution in [0.1, 0.15) is 31.5 Å². The summed E-state index contributed by atoms with van der Waals surface area (Å²) in [6, 6.07) is 10.2. The Balaban J connectivity index is 1.80. The van der Waals surface area contributed by atoms with Gasteiger partial charge in [-0.1, -0.05) is 30.3 Å². The van der Waals surface area contributed by atoms with Crippen LogP contribution in [0.5, 0.6) is 0 Å². The number of benzene rings is 1. The summed E-state index contributed by atoms with van der Waals surface area (Å²) in [6.45, 7) is 5.84. The molecule has 6 nitrogen and oxygen atoms in total. The molecule has 0 aliphatic rings. The van der Waals surface area contributed by atoms with Crippen molar-refractivity contribution in [1.29, 1.82) is 0 Å². The van der Waals surface area contributed by atoms with E-state index in [0.717, 1.165) is 6.54 Å². The Morgan fingerprint density at radius 1 is 1.26 bits per heavy atom. The van der Waals surface area contributed by atoms with Crippen molar-refractivity contribution in [2.24, 2.45) is 0 Å². The fourth-order valence-electron chi connectivity index (χ4n) is 1.70. The van der Waals surface area contributed by atoms with Gasteiger partial charge in [-0.15, -0.1) is 15.0 Å². The van der Waals surface area contributed by atoms with Gasteiger partial charge < -0.3 is 10.1 Å². The normalized spacial score (nSPS) is 12.5. The van der Waals surface area contributed by atoms with E-state index < -0.39 is 0 Å². The summed E-state index contributed by atoms with van der Waals surface area (Å²) in [5, 5.41) is 15.5. The number of hydrogen-bond acceptors (Lipinski definition) is 5. The van der Waals surface area contributed by atoms with Gasteiger partial charge in [-0.3, -0.25) is 0 Å². The number of tetrazole rings is 1. The van der Waals surface area contributed by atoms with E-state index >= 15 is 0 Å². The van der Waals surface area contributed by atoms with Crippen molar-refractivity contribution >= 4 is 0 Å². The zero-order valence-electron chi connectivity index (χ0n) is 11.3. The van der Waals surface area contributed by atoms with E-state index in [1.54, 1.807) is 0 Å². The van der Waals surface area contributed by atoms with Crippen molar-refractivity contribution < 1.29 is 4.74 Å². The van der Waals surface area contributed by atoms with Crippen LogP contribution in [0.15, 0.2) is 30.3 Å². The topological polar surface area (TPSA) is 64.9 Å². The average molecular weight is 261 g/mol. The summed E-state index contributed by atoms with van der Waals surface area (Å²) in [5.41, 5.74) is 1.23. The molecule has 1 aromatic carbocycles. The SMILES string of the molecule is CCOC(C)n1nnc(CNCc2ccccc2)n1. The molecule has 0 aliphatic heterocycles. The van der Waals surface area contributed by atoms with Crippen LogP contribution in [-0.2, 0) is 17.8 Å². The van der Waals surface area contributed by atoms with E-state index in [4.69, 9.17) is 4.74 Å². The van der Waals surface area contributed by atoms with Crippen molar-refractivity contribution in [2.75, 3.05) is 6.61 Å². The Morgan fingerprint density at radius 2 is 2.05 bits per heavy atom. The zero-order valence-corrected chi connectivity index (χ0v) is 11.3. The van der Waals surface area contributed by atoms with Crippen LogP contribution in [-0.4, -0.2) is 26.8 Å². The first-order valence-corrected chi connectivity index (χ1v) is 6.44. The van der Waals surface area contributed by atoms with E-state index in [-0.39, 0.29) is 6.23 Å². The summed E-state index contributed by atoms with van der Waals surface area (Å²) in [5.74, 6) is 0.669. The van der Waals surface area contributed by atoms with Crippen LogP contribution in [0.3, 0.4) is 0 Å². The Morgan fingerprint density at radius 3 is 2.79 bits per heavy atom. The second-order valence-electron chi connectivity index (χ2n) is 4.17. The number of aromatic nitrogens is 4. The lowest BCUT2D eigenvalue weighted by Gasteiger charge is -2.08. The quantitative estimate of drug-likeness (QED) is 0.818. The van der Waals surface area contributed by atoms with Crippen LogP contribution in [0.4, 0.5) is 0 Å². The lowest BCUT2D eigenvalue weighted by Crippen LogP contribution is -2.15. The number of ether oxygens (including phenoxy) is 1. The van der Waals surface area contributed by atoms with Gasteiger partial charge in [-0.05, 0) is 24.6 Å². The molecule has 2 aromatic rings. The van der Waals surface area contributed by atoms with Crippen molar-refractivity contribution in [3.8, 4) is 0 Å². The van der Waals surface area contributed by atoms with Crippen molar-refractivity contribution in [3.05, 3.63) is 41.7 Å². The van der Waals surface area contributed by atoms with Gasteiger partial charge in [-0.2, -0.15) is 0 Å². The molecule has 0 fully saturated rings. The molecule has 1 unspecified atom stereocenters. The molecule has 1 atom stereocenters. The molecular formula is C13H19N5O. The summed E-state index contributed by atoms with van der Waals surface area (Å²) in [7, 11) is 0. The van der Waals surface area contributed by atoms with Crippen molar-refractivity contribution in [1.82, 2.24) is 25.5 Å². The van der Waals surface area contributed by atoms with Gasteiger partial charge in [0.25, 0.3) is 0 Å². The van der Waals surface area contributed by atoms with Gasteiger partial charge in [0.2, 0.25) is 0 Å². The minimum atomic E-state index is -0.180. The van der Waals surface area contributed by atoms with E-state index in [9.17, 15) is 0 Å². The Hall–Kier alpha value is -1.79. The number of nitrogens with zero attached hydrogens (tertiary/aromatic N) is 4. The molecule has 0 saturated carbocycles. The molecule has 0 bridgehead atoms. The summed E-state index contributed by atoms with van der Waals surface area (Å²) >= 11 is 0. The maximum atomic E-state index is 5.39. The number of hydrogen-bond donors (Lipinski definition) is 1. The van der Waals surface area contributed by atoms with Gasteiger partial charge in [0.15, 0.2) is 12.1 Å². The molecule has 102 valence electrons. The third-order valence-corrected chi connectivity index (χ3v) is 2.66. The first-order chi connectivity index (χ1) is 9.29. The largest absolute Gasteiger partial charge is 0.355 e. The van der Waals surface area contributed by atoms with Gasteiger partial charge >= 0.3 is 0 Å². The van der Waals surface area contributed by atoms with Crippen LogP contribution in [0.25, 0.3) is 0 Å². The van der Waals surface area contributed by atoms with E-state index in [2.05, 4.69) is 32.9 Å². The highest BCUT2D eigenvalue weighted by atomic mass is 16.5. The number of nitrogens with one attached hydrogen (secondary N) is 1. The minimum Gasteiger partial charge on any atom is -0.355 e. The van der Waals surface area contributed by atoms with E-state index in [1.165, 1.54) is 10.4 Å². The Bertz CT molecular complexity index is 485. The lowest BCUT2D eigenvalue weighted by atomic mass is 10.2. The Kier molecular flexibility index (Phi) is 5.00. The number of rotatable bonds is 7. The molecular weight excluding hydrogens is 242 g/mol. The minimum absolute atomic E-state index is 0.180. The first-order valence-electron chi connectivity index (χ1n) is 6.44. The monoisotopic (exact) mass is 261 g/mol. The van der Waals surface area contributed by atoms with E-state index in [0.29, 0.717) is 19.0 Å². The second-order valence-corrected chi connectivity index (χ2v) is 4.17. The summed E-state index contributed by atoms with van der Waals surface area (Å²) < 4.78 is 5.39. The van der Waals surface area contributed by atoms with Crippen LogP contribution < -0.4 is 5.32 Å². The van der Waals surface area contributed by atoms with Gasteiger partial charge in [-0.25, -0.2) is 0 Å². The average Bonchev–Trinajstić information content (AvgIpc) is 2.89. The highest BCUT2D eigenvalue weighted by Crippen LogP contribution is 2.03. The lowest BCUT2D eigenvalue weighted by molar-refractivity contribution is 0.00453. The standard InChI is InChI=1S/C13H19N5O/c1-3-19-11(2)18-16-13(15-17-18)10-14-9-12-7-5-4-6-8-12/h4-8,11,14H,3,9-10H2,1-2H3. The second kappa shape index (κ2) is 6.96. The molecule has 0 amide bonds. The van der Waals surface area contributed by atoms with Crippen LogP contribution >= 0.6 is 0 Å². The third kappa shape index (κ3) is 4.11. The summed E-state index contributed by atoms with van der Waals surface area (Å²) in [4.78, 5) is 1.49. The third-order valence-electron chi connectivity index (χ3n) is 2.66. The maximum absolute atomic E-state index is 5.39. The molecule has 0 aliphatic carbocycles. The smallest absolute Gasteiger partial charge is 0.188 e. The summed E-state index contributed by atoms with van der Waals surface area (Å²) in [6.07, 6.45) is -0.180.